The van der Waals surface area contributed by atoms with Gasteiger partial charge in [0.05, 0.1) is 31.5 Å². The second-order valence-electron chi connectivity index (χ2n) is 5.25. The van der Waals surface area contributed by atoms with Crippen LogP contribution in [0.15, 0.2) is 30.5 Å². The fourth-order valence-electron chi connectivity index (χ4n) is 2.54. The predicted octanol–water partition coefficient (Wildman–Crippen LogP) is 1.61. The molecule has 0 aliphatic carbocycles. The largest absolute Gasteiger partial charge is 0.370 e. The van der Waals surface area contributed by atoms with Crippen molar-refractivity contribution in [3.05, 3.63) is 46.7 Å². The zero-order valence-electron chi connectivity index (χ0n) is 12.3. The summed E-state index contributed by atoms with van der Waals surface area (Å²) in [5, 5.41) is 8.30. The molecule has 1 amide bonds. The van der Waals surface area contributed by atoms with Gasteiger partial charge in [-0.15, -0.1) is 5.10 Å². The second kappa shape index (κ2) is 6.46. The first kappa shape index (κ1) is 15.0. The highest BCUT2D eigenvalue weighted by atomic mass is 35.5. The topological polar surface area (TPSA) is 60.2 Å². The summed E-state index contributed by atoms with van der Waals surface area (Å²) in [4.78, 5) is 14.3. The summed E-state index contributed by atoms with van der Waals surface area (Å²) in [6.45, 7) is 1.60. The van der Waals surface area contributed by atoms with Crippen molar-refractivity contribution in [1.29, 1.82) is 0 Å². The Morgan fingerprint density at radius 3 is 3.00 bits per heavy atom. The van der Waals surface area contributed by atoms with E-state index in [1.165, 1.54) is 0 Å². The van der Waals surface area contributed by atoms with Gasteiger partial charge < -0.3 is 9.64 Å². The number of hydrogen-bond acceptors (Lipinski definition) is 4. The molecule has 1 aliphatic heterocycles. The Balaban J connectivity index is 1.69. The van der Waals surface area contributed by atoms with Crippen LogP contribution in [-0.4, -0.2) is 45.5 Å². The summed E-state index contributed by atoms with van der Waals surface area (Å²) in [6.07, 6.45) is 1.72. The Bertz CT molecular complexity index is 673. The van der Waals surface area contributed by atoms with E-state index in [2.05, 4.69) is 10.3 Å². The molecule has 116 valence electrons. The van der Waals surface area contributed by atoms with Crippen LogP contribution in [0, 0.1) is 0 Å². The molecule has 1 saturated heterocycles. The van der Waals surface area contributed by atoms with Crippen molar-refractivity contribution >= 4 is 17.5 Å². The average Bonchev–Trinajstić information content (AvgIpc) is 2.93. The number of amides is 1. The summed E-state index contributed by atoms with van der Waals surface area (Å²) in [5.41, 5.74) is 1.72. The van der Waals surface area contributed by atoms with Crippen LogP contribution in [0.1, 0.15) is 17.4 Å². The minimum absolute atomic E-state index is 0.0470. The molecule has 1 aliphatic rings. The van der Waals surface area contributed by atoms with E-state index in [1.807, 2.05) is 29.2 Å². The van der Waals surface area contributed by atoms with Crippen LogP contribution in [0.2, 0.25) is 5.02 Å². The van der Waals surface area contributed by atoms with Crippen LogP contribution >= 0.6 is 11.6 Å². The Morgan fingerprint density at radius 1 is 1.45 bits per heavy atom. The molecule has 1 fully saturated rings. The van der Waals surface area contributed by atoms with Gasteiger partial charge in [-0.05, 0) is 6.07 Å². The van der Waals surface area contributed by atoms with Gasteiger partial charge in [0.15, 0.2) is 0 Å². The number of aromatic nitrogens is 3. The smallest absolute Gasteiger partial charge is 0.228 e. The number of aryl methyl sites for hydroxylation is 1. The second-order valence-corrected chi connectivity index (χ2v) is 5.65. The summed E-state index contributed by atoms with van der Waals surface area (Å²) >= 11 is 6.22. The highest BCUT2D eigenvalue weighted by Gasteiger charge is 2.27. The molecule has 7 heteroatoms. The third-order valence-corrected chi connectivity index (χ3v) is 4.16. The Kier molecular flexibility index (Phi) is 4.40. The predicted molar refractivity (Wildman–Crippen MR) is 81.4 cm³/mol. The van der Waals surface area contributed by atoms with E-state index in [9.17, 15) is 4.79 Å². The maximum absolute atomic E-state index is 12.4. The van der Waals surface area contributed by atoms with Crippen molar-refractivity contribution in [3.8, 4) is 0 Å². The molecule has 6 nitrogen and oxygen atoms in total. The zero-order valence-corrected chi connectivity index (χ0v) is 13.0. The van der Waals surface area contributed by atoms with E-state index < -0.39 is 0 Å². The fourth-order valence-corrected chi connectivity index (χ4v) is 2.80. The summed E-state index contributed by atoms with van der Waals surface area (Å²) < 4.78 is 7.39. The lowest BCUT2D eigenvalue weighted by molar-refractivity contribution is -0.138. The Hall–Kier alpha value is -1.92. The van der Waals surface area contributed by atoms with Crippen molar-refractivity contribution < 1.29 is 9.53 Å². The third-order valence-electron chi connectivity index (χ3n) is 3.81. The van der Waals surface area contributed by atoms with Gasteiger partial charge in [0.25, 0.3) is 0 Å². The molecule has 2 heterocycles. The molecule has 2 aromatic rings. The zero-order chi connectivity index (χ0) is 15.5. The molecular formula is C15H17ClN4O2. The first-order chi connectivity index (χ1) is 10.6. The van der Waals surface area contributed by atoms with Gasteiger partial charge >= 0.3 is 0 Å². The van der Waals surface area contributed by atoms with Gasteiger partial charge in [-0.2, -0.15) is 0 Å². The van der Waals surface area contributed by atoms with Crippen LogP contribution in [0.4, 0.5) is 0 Å². The number of nitrogens with zero attached hydrogens (tertiary/aromatic N) is 4. The molecule has 1 atom stereocenters. The van der Waals surface area contributed by atoms with Crippen molar-refractivity contribution in [3.63, 3.8) is 0 Å². The number of rotatable bonds is 3. The number of carbonyl (C=O) groups excluding carboxylic acids is 1. The van der Waals surface area contributed by atoms with Gasteiger partial charge in [0.2, 0.25) is 5.91 Å². The maximum Gasteiger partial charge on any atom is 0.228 e. The minimum Gasteiger partial charge on any atom is -0.370 e. The molecule has 1 aromatic heterocycles. The van der Waals surface area contributed by atoms with Gasteiger partial charge in [-0.3, -0.25) is 9.48 Å². The van der Waals surface area contributed by atoms with E-state index >= 15 is 0 Å². The van der Waals surface area contributed by atoms with Crippen molar-refractivity contribution in [2.45, 2.75) is 12.5 Å². The van der Waals surface area contributed by atoms with Crippen LogP contribution in [0.3, 0.4) is 0 Å². The SMILES string of the molecule is Cn1nncc1CC(=O)N1CCOC(c2ccccc2Cl)C1. The highest BCUT2D eigenvalue weighted by molar-refractivity contribution is 6.31. The molecule has 1 unspecified atom stereocenters. The number of morpholine rings is 1. The van der Waals surface area contributed by atoms with Gasteiger partial charge in [0, 0.05) is 24.2 Å². The van der Waals surface area contributed by atoms with Crippen molar-refractivity contribution in [1.82, 2.24) is 19.9 Å². The van der Waals surface area contributed by atoms with Gasteiger partial charge in [-0.25, -0.2) is 0 Å². The lowest BCUT2D eigenvalue weighted by Crippen LogP contribution is -2.43. The summed E-state index contributed by atoms with van der Waals surface area (Å²) in [6, 6.07) is 7.58. The maximum atomic E-state index is 12.4. The van der Waals surface area contributed by atoms with E-state index in [4.69, 9.17) is 16.3 Å². The van der Waals surface area contributed by atoms with E-state index in [1.54, 1.807) is 17.9 Å². The fraction of sp³-hybridized carbons (Fsp3) is 0.400. The summed E-state index contributed by atoms with van der Waals surface area (Å²) in [7, 11) is 1.78. The van der Waals surface area contributed by atoms with E-state index in [0.29, 0.717) is 31.1 Å². The van der Waals surface area contributed by atoms with Crippen molar-refractivity contribution in [2.24, 2.45) is 7.05 Å². The minimum atomic E-state index is -0.184. The van der Waals surface area contributed by atoms with Crippen LogP contribution in [0.25, 0.3) is 0 Å². The number of hydrogen-bond donors (Lipinski definition) is 0. The molecule has 0 saturated carbocycles. The molecule has 1 aromatic carbocycles. The molecule has 22 heavy (non-hydrogen) atoms. The molecule has 0 radical (unpaired) electrons. The van der Waals surface area contributed by atoms with Gasteiger partial charge in [0.1, 0.15) is 6.10 Å². The first-order valence-electron chi connectivity index (χ1n) is 7.12. The molecule has 3 rings (SSSR count). The number of ether oxygens (including phenoxy) is 1. The molecule has 0 bridgehead atoms. The van der Waals surface area contributed by atoms with Crippen LogP contribution in [-0.2, 0) is 23.0 Å². The first-order valence-corrected chi connectivity index (χ1v) is 7.50. The Morgan fingerprint density at radius 2 is 2.27 bits per heavy atom. The molecular weight excluding hydrogens is 304 g/mol. The van der Waals surface area contributed by atoms with Crippen LogP contribution in [0.5, 0.6) is 0 Å². The Labute approximate surface area is 133 Å². The van der Waals surface area contributed by atoms with Gasteiger partial charge in [-0.1, -0.05) is 35.0 Å². The standard InChI is InChI=1S/C15H17ClN4O2/c1-19-11(9-17-18-19)8-15(21)20-6-7-22-14(10-20)12-4-2-3-5-13(12)16/h2-5,9,14H,6-8,10H2,1H3. The summed E-state index contributed by atoms with van der Waals surface area (Å²) in [5.74, 6) is 0.0470. The van der Waals surface area contributed by atoms with E-state index in [0.717, 1.165) is 11.3 Å². The number of benzene rings is 1. The lowest BCUT2D eigenvalue weighted by Gasteiger charge is -2.33. The van der Waals surface area contributed by atoms with Crippen LogP contribution < -0.4 is 0 Å². The number of carbonyl (C=O) groups is 1. The average molecular weight is 321 g/mol. The normalized spacial score (nSPS) is 18.5. The number of halogens is 1. The quantitative estimate of drug-likeness (QED) is 0.862. The van der Waals surface area contributed by atoms with E-state index in [-0.39, 0.29) is 12.0 Å². The molecule has 0 spiro atoms. The monoisotopic (exact) mass is 320 g/mol. The highest BCUT2D eigenvalue weighted by Crippen LogP contribution is 2.28. The third kappa shape index (κ3) is 3.13. The molecule has 0 N–H and O–H groups in total. The van der Waals surface area contributed by atoms with Crippen molar-refractivity contribution in [2.75, 3.05) is 19.7 Å². The lowest BCUT2D eigenvalue weighted by atomic mass is 10.1.